The molecule has 30 heavy (non-hydrogen) atoms. The number of hydrogen-bond acceptors (Lipinski definition) is 7. The number of ether oxygens (including phenoxy) is 2. The molecule has 0 aliphatic carbocycles. The predicted octanol–water partition coefficient (Wildman–Crippen LogP) is 5.01. The fourth-order valence-electron chi connectivity index (χ4n) is 2.62. The van der Waals surface area contributed by atoms with E-state index in [9.17, 15) is 14.9 Å². The van der Waals surface area contributed by atoms with Gasteiger partial charge in [0.25, 0.3) is 5.91 Å². The summed E-state index contributed by atoms with van der Waals surface area (Å²) >= 11 is 6.35. The van der Waals surface area contributed by atoms with E-state index < -0.39 is 22.2 Å². The second-order valence-electron chi connectivity index (χ2n) is 6.51. The van der Waals surface area contributed by atoms with E-state index >= 15 is 0 Å². The molecular formula is C20H26ClN3O6. The lowest BCUT2D eigenvalue weighted by Gasteiger charge is -2.14. The summed E-state index contributed by atoms with van der Waals surface area (Å²) in [5.41, 5.74) is -0.721. The number of rotatable bonds is 12. The highest BCUT2D eigenvalue weighted by Crippen LogP contribution is 2.43. The van der Waals surface area contributed by atoms with Crippen molar-refractivity contribution in [3.8, 4) is 22.8 Å². The molecule has 1 aromatic heterocycles. The van der Waals surface area contributed by atoms with Gasteiger partial charge in [0.2, 0.25) is 11.5 Å². The molecule has 164 valence electrons. The van der Waals surface area contributed by atoms with E-state index in [-0.39, 0.29) is 16.3 Å². The molecule has 1 N–H and O–H groups in total. The zero-order chi connectivity index (χ0) is 22.1. The van der Waals surface area contributed by atoms with Crippen LogP contribution < -0.4 is 14.8 Å². The van der Waals surface area contributed by atoms with E-state index in [1.165, 1.54) is 6.07 Å². The number of nitrogens with one attached hydrogen (secondary N) is 1. The Labute approximate surface area is 179 Å². The first-order valence-electron chi connectivity index (χ1n) is 9.96. The van der Waals surface area contributed by atoms with Crippen LogP contribution in [-0.4, -0.2) is 35.7 Å². The number of carbonyl (C=O) groups is 1. The third kappa shape index (κ3) is 5.63. The second-order valence-corrected chi connectivity index (χ2v) is 6.92. The van der Waals surface area contributed by atoms with Gasteiger partial charge in [-0.15, -0.1) is 0 Å². The summed E-state index contributed by atoms with van der Waals surface area (Å²) in [5, 5.41) is 18.1. The van der Waals surface area contributed by atoms with Crippen LogP contribution in [0.4, 0.5) is 5.69 Å². The monoisotopic (exact) mass is 439 g/mol. The van der Waals surface area contributed by atoms with Gasteiger partial charge in [-0.3, -0.25) is 14.9 Å². The summed E-state index contributed by atoms with van der Waals surface area (Å²) in [4.78, 5) is 23.2. The number of amides is 1. The quantitative estimate of drug-likeness (QED) is 0.280. The minimum atomic E-state index is -0.703. The number of carbonyl (C=O) groups excluding carboxylic acids is 1. The molecule has 0 radical (unpaired) electrons. The van der Waals surface area contributed by atoms with Crippen molar-refractivity contribution >= 4 is 23.2 Å². The van der Waals surface area contributed by atoms with Gasteiger partial charge >= 0.3 is 5.69 Å². The van der Waals surface area contributed by atoms with Crippen LogP contribution in [0.2, 0.25) is 5.02 Å². The van der Waals surface area contributed by atoms with Gasteiger partial charge in [0, 0.05) is 12.6 Å². The number of nitrogens with zero attached hydrogens (tertiary/aromatic N) is 2. The summed E-state index contributed by atoms with van der Waals surface area (Å²) in [7, 11) is 0. The summed E-state index contributed by atoms with van der Waals surface area (Å²) in [6.45, 7) is 6.92. The molecule has 0 aliphatic heterocycles. The summed E-state index contributed by atoms with van der Waals surface area (Å²) < 4.78 is 16.8. The van der Waals surface area contributed by atoms with Crippen molar-refractivity contribution in [3.05, 3.63) is 33.0 Å². The smallest absolute Gasteiger partial charge is 0.349 e. The van der Waals surface area contributed by atoms with E-state index in [2.05, 4.69) is 10.5 Å². The lowest BCUT2D eigenvalue weighted by Crippen LogP contribution is -2.23. The normalized spacial score (nSPS) is 10.7. The van der Waals surface area contributed by atoms with Gasteiger partial charge in [-0.2, -0.15) is 0 Å². The fourth-order valence-corrected chi connectivity index (χ4v) is 2.84. The van der Waals surface area contributed by atoms with Crippen LogP contribution >= 0.6 is 11.6 Å². The molecular weight excluding hydrogens is 414 g/mol. The molecule has 0 saturated heterocycles. The van der Waals surface area contributed by atoms with E-state index in [1.807, 2.05) is 13.8 Å². The number of hydrogen-bond donors (Lipinski definition) is 1. The summed E-state index contributed by atoms with van der Waals surface area (Å²) in [6, 6.07) is 3.06. The number of unbranched alkanes of at least 4 members (excludes halogenated alkanes) is 2. The molecule has 0 spiro atoms. The molecule has 9 nitrogen and oxygen atoms in total. The first-order chi connectivity index (χ1) is 14.4. The standard InChI is InChI=1S/C20H26ClN3O6/c1-4-7-9-28-15-12-16(29-10-8-5-2)14(21)11-13(15)19-18(24(26)27)17(23-30-19)20(25)22-6-3/h11-12H,4-10H2,1-3H3,(H,22,25). The topological polar surface area (TPSA) is 117 Å². The van der Waals surface area contributed by atoms with E-state index in [0.29, 0.717) is 31.3 Å². The Balaban J connectivity index is 2.54. The average Bonchev–Trinajstić information content (AvgIpc) is 3.15. The van der Waals surface area contributed by atoms with Crippen LogP contribution in [0.1, 0.15) is 56.9 Å². The molecule has 0 fully saturated rings. The number of aromatic nitrogens is 1. The maximum absolute atomic E-state index is 12.2. The summed E-state index contributed by atoms with van der Waals surface area (Å²) in [5.74, 6) is -0.180. The SMILES string of the molecule is CCCCOc1cc(OCCCC)c(-c2onc(C(=O)NCC)c2[N+](=O)[O-])cc1Cl. The maximum Gasteiger partial charge on any atom is 0.349 e. The van der Waals surface area contributed by atoms with Crippen LogP contribution in [-0.2, 0) is 0 Å². The van der Waals surface area contributed by atoms with Gasteiger partial charge in [0.05, 0.1) is 28.7 Å². The lowest BCUT2D eigenvalue weighted by atomic mass is 10.1. The van der Waals surface area contributed by atoms with Gasteiger partial charge in [-0.05, 0) is 25.8 Å². The third-order valence-corrected chi connectivity index (χ3v) is 4.49. The van der Waals surface area contributed by atoms with E-state index in [1.54, 1.807) is 13.0 Å². The predicted molar refractivity (Wildman–Crippen MR) is 112 cm³/mol. The number of nitro groups is 1. The Morgan fingerprint density at radius 3 is 2.37 bits per heavy atom. The highest BCUT2D eigenvalue weighted by Gasteiger charge is 2.34. The molecule has 0 unspecified atom stereocenters. The molecule has 0 saturated carbocycles. The Kier molecular flexibility index (Phi) is 8.91. The Bertz CT molecular complexity index is 884. The first-order valence-corrected chi connectivity index (χ1v) is 10.3. The third-order valence-electron chi connectivity index (χ3n) is 4.19. The maximum atomic E-state index is 12.2. The molecule has 2 rings (SSSR count). The minimum Gasteiger partial charge on any atom is -0.493 e. The van der Waals surface area contributed by atoms with Crippen LogP contribution in [0.25, 0.3) is 11.3 Å². The van der Waals surface area contributed by atoms with Crippen molar-refractivity contribution < 1.29 is 23.7 Å². The Morgan fingerprint density at radius 1 is 1.17 bits per heavy atom. The van der Waals surface area contributed by atoms with E-state index in [4.69, 9.17) is 25.6 Å². The van der Waals surface area contributed by atoms with Gasteiger partial charge in [-0.1, -0.05) is 43.4 Å². The highest BCUT2D eigenvalue weighted by atomic mass is 35.5. The average molecular weight is 440 g/mol. The Hall–Kier alpha value is -2.81. The second kappa shape index (κ2) is 11.4. The zero-order valence-electron chi connectivity index (χ0n) is 17.3. The highest BCUT2D eigenvalue weighted by molar-refractivity contribution is 6.32. The van der Waals surface area contributed by atoms with E-state index in [0.717, 1.165) is 25.7 Å². The van der Waals surface area contributed by atoms with Crippen LogP contribution in [0, 0.1) is 10.1 Å². The van der Waals surface area contributed by atoms with Crippen molar-refractivity contribution in [1.82, 2.24) is 10.5 Å². The van der Waals surface area contributed by atoms with Gasteiger partial charge < -0.3 is 19.3 Å². The molecule has 0 bridgehead atoms. The van der Waals surface area contributed by atoms with Gasteiger partial charge in [0.1, 0.15) is 11.5 Å². The first kappa shape index (κ1) is 23.5. The molecule has 10 heteroatoms. The van der Waals surface area contributed by atoms with Crippen molar-refractivity contribution in [2.24, 2.45) is 0 Å². The van der Waals surface area contributed by atoms with Crippen LogP contribution in [0.5, 0.6) is 11.5 Å². The molecule has 1 amide bonds. The van der Waals surface area contributed by atoms with Crippen molar-refractivity contribution in [2.75, 3.05) is 19.8 Å². The largest absolute Gasteiger partial charge is 0.493 e. The molecule has 0 aliphatic rings. The van der Waals surface area contributed by atoms with Crippen LogP contribution in [0.15, 0.2) is 16.7 Å². The van der Waals surface area contributed by atoms with Gasteiger partial charge in [0.15, 0.2) is 0 Å². The number of benzene rings is 1. The molecule has 1 aromatic carbocycles. The van der Waals surface area contributed by atoms with Gasteiger partial charge in [-0.25, -0.2) is 0 Å². The minimum absolute atomic E-state index is 0.199. The van der Waals surface area contributed by atoms with Crippen molar-refractivity contribution in [3.63, 3.8) is 0 Å². The Morgan fingerprint density at radius 2 is 1.80 bits per heavy atom. The van der Waals surface area contributed by atoms with Crippen LogP contribution in [0.3, 0.4) is 0 Å². The zero-order valence-corrected chi connectivity index (χ0v) is 18.1. The molecule has 2 aromatic rings. The number of halogens is 1. The fraction of sp³-hybridized carbons (Fsp3) is 0.500. The molecule has 1 heterocycles. The molecule has 0 atom stereocenters. The lowest BCUT2D eigenvalue weighted by molar-refractivity contribution is -0.384. The van der Waals surface area contributed by atoms with Crippen molar-refractivity contribution in [1.29, 1.82) is 0 Å². The van der Waals surface area contributed by atoms with Crippen molar-refractivity contribution in [2.45, 2.75) is 46.5 Å². The summed E-state index contributed by atoms with van der Waals surface area (Å²) in [6.07, 6.45) is 3.51.